The van der Waals surface area contributed by atoms with E-state index in [0.29, 0.717) is 12.0 Å². The summed E-state index contributed by atoms with van der Waals surface area (Å²) in [6.07, 6.45) is 0.457. The van der Waals surface area contributed by atoms with Gasteiger partial charge in [-0.25, -0.2) is 4.79 Å². The first-order chi connectivity index (χ1) is 9.25. The largest absolute Gasteiger partial charge is 0.435 e. The maximum Gasteiger partial charge on any atom is 0.340 e. The normalized spacial score (nSPS) is 19.7. The van der Waals surface area contributed by atoms with Crippen LogP contribution in [0.4, 0.5) is 0 Å². The van der Waals surface area contributed by atoms with E-state index in [2.05, 4.69) is 6.07 Å². The molecule has 0 saturated carbocycles. The Morgan fingerprint density at radius 1 is 1.11 bits per heavy atom. The average Bonchev–Trinajstić information content (AvgIpc) is 2.45. The van der Waals surface area contributed by atoms with Gasteiger partial charge < -0.3 is 4.74 Å². The zero-order valence-corrected chi connectivity index (χ0v) is 10.2. The third kappa shape index (κ3) is 1.78. The fourth-order valence-electron chi connectivity index (χ4n) is 2.33. The number of fused-ring (bicyclic) bond motifs is 1. The summed E-state index contributed by atoms with van der Waals surface area (Å²) in [4.78, 5) is 12.0. The molecule has 2 aromatic rings. The molecule has 1 aliphatic carbocycles. The molecule has 19 heavy (non-hydrogen) atoms. The molecule has 1 aliphatic rings. The molecule has 0 aliphatic heterocycles. The van der Waals surface area contributed by atoms with Gasteiger partial charge in [0.25, 0.3) is 0 Å². The van der Waals surface area contributed by atoms with Gasteiger partial charge >= 0.3 is 5.97 Å². The molecule has 0 heterocycles. The van der Waals surface area contributed by atoms with Crippen molar-refractivity contribution in [2.24, 2.45) is 0 Å². The number of rotatable bonds is 2. The standard InChI is InChI=1S/C16H11NO2/c17-11-16(10-13-8-4-5-9-14(13)16)19-15(18)12-6-2-1-3-7-12/h1-9H,10H2. The van der Waals surface area contributed by atoms with Gasteiger partial charge in [-0.05, 0) is 17.7 Å². The van der Waals surface area contributed by atoms with Crippen LogP contribution in [0.25, 0.3) is 0 Å². The maximum absolute atomic E-state index is 12.0. The molecule has 3 heteroatoms. The second-order valence-electron chi connectivity index (χ2n) is 4.53. The van der Waals surface area contributed by atoms with Crippen LogP contribution in [0.5, 0.6) is 0 Å². The second-order valence-corrected chi connectivity index (χ2v) is 4.53. The zero-order valence-electron chi connectivity index (χ0n) is 10.2. The molecule has 0 saturated heterocycles. The number of carbonyl (C=O) groups is 1. The number of nitriles is 1. The Morgan fingerprint density at radius 3 is 2.47 bits per heavy atom. The highest BCUT2D eigenvalue weighted by Gasteiger charge is 2.46. The molecule has 0 radical (unpaired) electrons. The molecular weight excluding hydrogens is 238 g/mol. The lowest BCUT2D eigenvalue weighted by Gasteiger charge is -2.37. The van der Waals surface area contributed by atoms with Gasteiger partial charge in [-0.1, -0.05) is 42.5 Å². The molecule has 2 aromatic carbocycles. The average molecular weight is 249 g/mol. The summed E-state index contributed by atoms with van der Waals surface area (Å²) in [6, 6.07) is 18.4. The Balaban J connectivity index is 1.88. The summed E-state index contributed by atoms with van der Waals surface area (Å²) in [5.41, 5.74) is 1.19. The smallest absolute Gasteiger partial charge is 0.340 e. The third-order valence-corrected chi connectivity index (χ3v) is 3.35. The van der Waals surface area contributed by atoms with Crippen molar-refractivity contribution in [2.75, 3.05) is 0 Å². The van der Waals surface area contributed by atoms with Crippen LogP contribution in [-0.4, -0.2) is 5.97 Å². The monoisotopic (exact) mass is 249 g/mol. The van der Waals surface area contributed by atoms with Gasteiger partial charge in [0.1, 0.15) is 6.07 Å². The lowest BCUT2D eigenvalue weighted by Crippen LogP contribution is -2.41. The molecule has 1 unspecified atom stereocenters. The minimum absolute atomic E-state index is 0.457. The highest BCUT2D eigenvalue weighted by Crippen LogP contribution is 2.42. The summed E-state index contributed by atoms with van der Waals surface area (Å²) in [5, 5.41) is 9.35. The second kappa shape index (κ2) is 4.25. The molecule has 0 spiro atoms. The molecule has 0 fully saturated rings. The van der Waals surface area contributed by atoms with Gasteiger partial charge in [-0.3, -0.25) is 0 Å². The van der Waals surface area contributed by atoms with Gasteiger partial charge in [0, 0.05) is 12.0 Å². The summed E-state index contributed by atoms with van der Waals surface area (Å²) >= 11 is 0. The molecular formula is C16H11NO2. The van der Waals surface area contributed by atoms with E-state index in [1.807, 2.05) is 30.3 Å². The van der Waals surface area contributed by atoms with E-state index in [4.69, 9.17) is 4.74 Å². The van der Waals surface area contributed by atoms with Crippen LogP contribution in [0.3, 0.4) is 0 Å². The minimum Gasteiger partial charge on any atom is -0.435 e. The Morgan fingerprint density at radius 2 is 1.79 bits per heavy atom. The summed E-state index contributed by atoms with van der Waals surface area (Å²) in [7, 11) is 0. The van der Waals surface area contributed by atoms with E-state index >= 15 is 0 Å². The number of esters is 1. The quantitative estimate of drug-likeness (QED) is 0.769. The van der Waals surface area contributed by atoms with E-state index in [0.717, 1.165) is 11.1 Å². The van der Waals surface area contributed by atoms with Crippen molar-refractivity contribution < 1.29 is 9.53 Å². The van der Waals surface area contributed by atoms with Crippen LogP contribution < -0.4 is 0 Å². The highest BCUT2D eigenvalue weighted by atomic mass is 16.6. The first-order valence-electron chi connectivity index (χ1n) is 6.03. The number of nitrogens with zero attached hydrogens (tertiary/aromatic N) is 1. The number of benzene rings is 2. The number of carbonyl (C=O) groups excluding carboxylic acids is 1. The first kappa shape index (κ1) is 11.5. The molecule has 0 amide bonds. The molecule has 3 rings (SSSR count). The summed E-state index contributed by atoms with van der Waals surface area (Å²) < 4.78 is 5.44. The van der Waals surface area contributed by atoms with Crippen molar-refractivity contribution in [3.05, 3.63) is 71.3 Å². The fourth-order valence-corrected chi connectivity index (χ4v) is 2.33. The van der Waals surface area contributed by atoms with Gasteiger partial charge in [-0.15, -0.1) is 0 Å². The van der Waals surface area contributed by atoms with Crippen LogP contribution in [0.2, 0.25) is 0 Å². The van der Waals surface area contributed by atoms with Crippen molar-refractivity contribution in [1.29, 1.82) is 5.26 Å². The predicted molar refractivity (Wildman–Crippen MR) is 69.3 cm³/mol. The Bertz CT molecular complexity index is 673. The topological polar surface area (TPSA) is 50.1 Å². The van der Waals surface area contributed by atoms with Crippen molar-refractivity contribution >= 4 is 5.97 Å². The molecule has 0 aromatic heterocycles. The Kier molecular flexibility index (Phi) is 2.57. The molecule has 0 N–H and O–H groups in total. The van der Waals surface area contributed by atoms with Crippen molar-refractivity contribution in [3.63, 3.8) is 0 Å². The summed E-state index contributed by atoms with van der Waals surface area (Å²) in [5.74, 6) is -0.461. The van der Waals surface area contributed by atoms with E-state index in [1.54, 1.807) is 24.3 Å². The van der Waals surface area contributed by atoms with E-state index < -0.39 is 11.6 Å². The van der Waals surface area contributed by atoms with Crippen LogP contribution in [0.1, 0.15) is 21.5 Å². The van der Waals surface area contributed by atoms with Crippen molar-refractivity contribution in [1.82, 2.24) is 0 Å². The lowest BCUT2D eigenvalue weighted by atomic mass is 9.74. The molecule has 1 atom stereocenters. The highest BCUT2D eigenvalue weighted by molar-refractivity contribution is 5.90. The number of hydrogen-bond acceptors (Lipinski definition) is 3. The van der Waals surface area contributed by atoms with Gasteiger partial charge in [0.2, 0.25) is 5.60 Å². The molecule has 3 nitrogen and oxygen atoms in total. The predicted octanol–water partition coefficient (Wildman–Crippen LogP) is 2.82. The van der Waals surface area contributed by atoms with E-state index in [9.17, 15) is 10.1 Å². The van der Waals surface area contributed by atoms with Crippen LogP contribution >= 0.6 is 0 Å². The van der Waals surface area contributed by atoms with Crippen LogP contribution in [0, 0.1) is 11.3 Å². The molecule has 92 valence electrons. The van der Waals surface area contributed by atoms with E-state index in [-0.39, 0.29) is 0 Å². The van der Waals surface area contributed by atoms with Crippen molar-refractivity contribution in [2.45, 2.75) is 12.0 Å². The van der Waals surface area contributed by atoms with Crippen molar-refractivity contribution in [3.8, 4) is 6.07 Å². The minimum atomic E-state index is -1.12. The summed E-state index contributed by atoms with van der Waals surface area (Å²) in [6.45, 7) is 0. The first-order valence-corrected chi connectivity index (χ1v) is 6.03. The fraction of sp³-hybridized carbons (Fsp3) is 0.125. The Hall–Kier alpha value is -2.60. The van der Waals surface area contributed by atoms with Crippen LogP contribution in [0.15, 0.2) is 54.6 Å². The van der Waals surface area contributed by atoms with E-state index in [1.165, 1.54) is 0 Å². The third-order valence-electron chi connectivity index (χ3n) is 3.35. The SMILES string of the molecule is N#CC1(OC(=O)c2ccccc2)Cc2ccccc21. The lowest BCUT2D eigenvalue weighted by molar-refractivity contribution is -0.00451. The number of hydrogen-bond donors (Lipinski definition) is 0. The number of ether oxygens (including phenoxy) is 1. The molecule has 0 bridgehead atoms. The Labute approximate surface area is 111 Å². The van der Waals surface area contributed by atoms with Crippen LogP contribution in [-0.2, 0) is 16.8 Å². The zero-order chi connectivity index (χ0) is 13.3. The maximum atomic E-state index is 12.0. The van der Waals surface area contributed by atoms with Gasteiger partial charge in [0.05, 0.1) is 5.56 Å². The van der Waals surface area contributed by atoms with Gasteiger partial charge in [0.15, 0.2) is 0 Å². The van der Waals surface area contributed by atoms with Gasteiger partial charge in [-0.2, -0.15) is 5.26 Å².